The topological polar surface area (TPSA) is 81.0 Å². The Morgan fingerprint density at radius 3 is 2.92 bits per heavy atom. The highest BCUT2D eigenvalue weighted by Gasteiger charge is 2.25. The van der Waals surface area contributed by atoms with Crippen LogP contribution in [-0.2, 0) is 0 Å². The summed E-state index contributed by atoms with van der Waals surface area (Å²) in [6.45, 7) is 9.22. The molecule has 2 aromatic rings. The monoisotopic (exact) mass is 343 g/mol. The number of nitrogens with zero attached hydrogens (tertiary/aromatic N) is 6. The third-order valence-corrected chi connectivity index (χ3v) is 4.94. The SMILES string of the molecule is Cc1cc(Nc2ncc(C)c(N3CCN(CC#N)C(C)C3)n2)sn1. The van der Waals surface area contributed by atoms with E-state index in [1.54, 1.807) is 0 Å². The van der Waals surface area contributed by atoms with Crippen LogP contribution in [0.15, 0.2) is 12.3 Å². The van der Waals surface area contributed by atoms with E-state index < -0.39 is 0 Å². The van der Waals surface area contributed by atoms with Crippen molar-refractivity contribution in [3.05, 3.63) is 23.5 Å². The summed E-state index contributed by atoms with van der Waals surface area (Å²) < 4.78 is 4.26. The van der Waals surface area contributed by atoms with Crippen LogP contribution < -0.4 is 10.2 Å². The van der Waals surface area contributed by atoms with Gasteiger partial charge in [-0.2, -0.15) is 14.6 Å². The van der Waals surface area contributed by atoms with E-state index in [0.29, 0.717) is 18.5 Å². The summed E-state index contributed by atoms with van der Waals surface area (Å²) in [5.74, 6) is 1.54. The molecule has 0 saturated carbocycles. The Balaban J connectivity index is 1.76. The molecule has 0 amide bonds. The maximum Gasteiger partial charge on any atom is 0.229 e. The Bertz CT molecular complexity index is 751. The molecule has 0 aromatic carbocycles. The van der Waals surface area contributed by atoms with E-state index in [4.69, 9.17) is 10.2 Å². The van der Waals surface area contributed by atoms with Gasteiger partial charge >= 0.3 is 0 Å². The third kappa shape index (κ3) is 3.63. The zero-order chi connectivity index (χ0) is 17.1. The van der Waals surface area contributed by atoms with Crippen molar-refractivity contribution in [1.29, 1.82) is 5.26 Å². The molecule has 1 aliphatic rings. The number of aryl methyl sites for hydroxylation is 2. The number of aromatic nitrogens is 3. The summed E-state index contributed by atoms with van der Waals surface area (Å²) in [6, 6.07) is 4.55. The molecule has 126 valence electrons. The van der Waals surface area contributed by atoms with Crippen molar-refractivity contribution in [2.45, 2.75) is 26.8 Å². The molecule has 2 aromatic heterocycles. The van der Waals surface area contributed by atoms with Gasteiger partial charge in [-0.25, -0.2) is 4.98 Å². The first kappa shape index (κ1) is 16.6. The van der Waals surface area contributed by atoms with Crippen LogP contribution in [0.4, 0.5) is 16.8 Å². The molecule has 7 nitrogen and oxygen atoms in total. The van der Waals surface area contributed by atoms with Crippen molar-refractivity contribution >= 4 is 28.3 Å². The largest absolute Gasteiger partial charge is 0.353 e. The molecular formula is C16H21N7S. The van der Waals surface area contributed by atoms with Gasteiger partial charge in [0, 0.05) is 37.4 Å². The van der Waals surface area contributed by atoms with Gasteiger partial charge in [0.1, 0.15) is 10.8 Å². The Labute approximate surface area is 146 Å². The molecule has 0 radical (unpaired) electrons. The van der Waals surface area contributed by atoms with Gasteiger partial charge in [-0.15, -0.1) is 0 Å². The molecule has 1 atom stereocenters. The first-order valence-electron chi connectivity index (χ1n) is 7.96. The summed E-state index contributed by atoms with van der Waals surface area (Å²) in [6.07, 6.45) is 1.85. The zero-order valence-electron chi connectivity index (χ0n) is 14.2. The Morgan fingerprint density at radius 1 is 1.42 bits per heavy atom. The number of nitrogens with one attached hydrogen (secondary N) is 1. The Morgan fingerprint density at radius 2 is 2.25 bits per heavy atom. The molecule has 0 bridgehead atoms. The number of nitriles is 1. The molecule has 1 saturated heterocycles. The number of hydrogen-bond donors (Lipinski definition) is 1. The van der Waals surface area contributed by atoms with Crippen LogP contribution >= 0.6 is 11.5 Å². The number of piperazine rings is 1. The Kier molecular flexibility index (Phi) is 4.92. The van der Waals surface area contributed by atoms with E-state index in [1.165, 1.54) is 11.5 Å². The number of rotatable bonds is 4. The minimum atomic E-state index is 0.327. The van der Waals surface area contributed by atoms with E-state index >= 15 is 0 Å². The highest BCUT2D eigenvalue weighted by atomic mass is 32.1. The molecule has 1 unspecified atom stereocenters. The minimum absolute atomic E-state index is 0.327. The molecule has 0 aliphatic carbocycles. The fourth-order valence-corrected chi connectivity index (χ4v) is 3.51. The average molecular weight is 343 g/mol. The van der Waals surface area contributed by atoms with Gasteiger partial charge in [0.15, 0.2) is 0 Å². The number of hydrogen-bond acceptors (Lipinski definition) is 8. The van der Waals surface area contributed by atoms with E-state index in [9.17, 15) is 0 Å². The lowest BCUT2D eigenvalue weighted by Gasteiger charge is -2.39. The second kappa shape index (κ2) is 7.11. The lowest BCUT2D eigenvalue weighted by molar-refractivity contribution is 0.212. The summed E-state index contributed by atoms with van der Waals surface area (Å²) >= 11 is 1.40. The number of anilines is 3. The quantitative estimate of drug-likeness (QED) is 0.853. The fourth-order valence-electron chi connectivity index (χ4n) is 2.86. The van der Waals surface area contributed by atoms with Gasteiger partial charge in [-0.3, -0.25) is 4.90 Å². The van der Waals surface area contributed by atoms with Crippen LogP contribution in [0.5, 0.6) is 0 Å². The highest BCUT2D eigenvalue weighted by molar-refractivity contribution is 7.10. The lowest BCUT2D eigenvalue weighted by atomic mass is 10.2. The van der Waals surface area contributed by atoms with Crippen LogP contribution in [0.1, 0.15) is 18.2 Å². The zero-order valence-corrected chi connectivity index (χ0v) is 15.0. The first-order chi connectivity index (χ1) is 11.6. The molecule has 1 N–H and O–H groups in total. The van der Waals surface area contributed by atoms with Gasteiger partial charge in [0.05, 0.1) is 18.3 Å². The molecule has 3 heterocycles. The predicted octanol–water partition coefficient (Wildman–Crippen LogP) is 2.33. The van der Waals surface area contributed by atoms with E-state index in [2.05, 4.69) is 37.5 Å². The second-order valence-electron chi connectivity index (χ2n) is 6.08. The van der Waals surface area contributed by atoms with Crippen molar-refractivity contribution in [3.63, 3.8) is 0 Å². The van der Waals surface area contributed by atoms with Gasteiger partial charge in [-0.05, 0) is 38.4 Å². The average Bonchev–Trinajstić information content (AvgIpc) is 2.96. The highest BCUT2D eigenvalue weighted by Crippen LogP contribution is 2.24. The smallest absolute Gasteiger partial charge is 0.229 e. The fraction of sp³-hybridized carbons (Fsp3) is 0.500. The van der Waals surface area contributed by atoms with Gasteiger partial charge in [0.2, 0.25) is 5.95 Å². The van der Waals surface area contributed by atoms with Crippen LogP contribution in [0.3, 0.4) is 0 Å². The summed E-state index contributed by atoms with van der Waals surface area (Å²) in [5.41, 5.74) is 2.04. The normalized spacial score (nSPS) is 18.4. The molecular weight excluding hydrogens is 322 g/mol. The van der Waals surface area contributed by atoms with E-state index in [1.807, 2.05) is 26.1 Å². The molecule has 3 rings (SSSR count). The van der Waals surface area contributed by atoms with Crippen molar-refractivity contribution in [3.8, 4) is 6.07 Å². The summed E-state index contributed by atoms with van der Waals surface area (Å²) in [5, 5.41) is 13.1. The Hall–Kier alpha value is -2.24. The summed E-state index contributed by atoms with van der Waals surface area (Å²) in [7, 11) is 0. The molecule has 1 aliphatic heterocycles. The molecule has 0 spiro atoms. The van der Waals surface area contributed by atoms with Crippen molar-refractivity contribution < 1.29 is 0 Å². The maximum atomic E-state index is 8.90. The van der Waals surface area contributed by atoms with E-state index in [-0.39, 0.29) is 0 Å². The summed E-state index contributed by atoms with van der Waals surface area (Å²) in [4.78, 5) is 13.6. The first-order valence-corrected chi connectivity index (χ1v) is 8.74. The molecule has 24 heavy (non-hydrogen) atoms. The van der Waals surface area contributed by atoms with Crippen molar-refractivity contribution in [2.24, 2.45) is 0 Å². The third-order valence-electron chi connectivity index (χ3n) is 4.15. The minimum Gasteiger partial charge on any atom is -0.353 e. The molecule has 8 heteroatoms. The van der Waals surface area contributed by atoms with Crippen LogP contribution in [0.2, 0.25) is 0 Å². The van der Waals surface area contributed by atoms with Crippen LogP contribution in [0.25, 0.3) is 0 Å². The van der Waals surface area contributed by atoms with Crippen LogP contribution in [-0.4, -0.2) is 51.5 Å². The van der Waals surface area contributed by atoms with Crippen molar-refractivity contribution in [1.82, 2.24) is 19.2 Å². The van der Waals surface area contributed by atoms with Gasteiger partial charge in [0.25, 0.3) is 0 Å². The van der Waals surface area contributed by atoms with Crippen LogP contribution in [0, 0.1) is 25.2 Å². The second-order valence-corrected chi connectivity index (χ2v) is 6.89. The maximum absolute atomic E-state index is 8.90. The lowest BCUT2D eigenvalue weighted by Crippen LogP contribution is -2.52. The predicted molar refractivity (Wildman–Crippen MR) is 95.8 cm³/mol. The van der Waals surface area contributed by atoms with E-state index in [0.717, 1.165) is 41.7 Å². The van der Waals surface area contributed by atoms with Crippen molar-refractivity contribution in [2.75, 3.05) is 36.4 Å². The van der Waals surface area contributed by atoms with Gasteiger partial charge < -0.3 is 10.2 Å². The van der Waals surface area contributed by atoms with Gasteiger partial charge in [-0.1, -0.05) is 0 Å². The molecule has 1 fully saturated rings. The standard InChI is InChI=1S/C16H21N7S/c1-11-9-18-16(19-14-8-12(2)21-24-14)20-15(11)23-7-6-22(5-4-17)13(3)10-23/h8-9,13H,5-7,10H2,1-3H3,(H,18,19,20).